The number of fused-ring (bicyclic) bond motifs is 4. The van der Waals surface area contributed by atoms with E-state index in [9.17, 15) is 4.79 Å². The Bertz CT molecular complexity index is 1690. The molecule has 5 aromatic rings. The third-order valence-electron chi connectivity index (χ3n) is 6.35. The average Bonchev–Trinajstić information content (AvgIpc) is 3.35. The molecule has 0 aliphatic heterocycles. The van der Waals surface area contributed by atoms with Crippen molar-refractivity contribution in [3.05, 3.63) is 121 Å². The molecule has 3 aromatic heterocycles. The van der Waals surface area contributed by atoms with Gasteiger partial charge in [0.2, 0.25) is 0 Å². The minimum absolute atomic E-state index is 0.00399. The lowest BCUT2D eigenvalue weighted by Gasteiger charge is -2.10. The lowest BCUT2D eigenvalue weighted by atomic mass is 10.1. The minimum atomic E-state index is 0.00399. The van der Waals surface area contributed by atoms with Crippen LogP contribution in [0.4, 0.5) is 0 Å². The van der Waals surface area contributed by atoms with Crippen LogP contribution in [0, 0.1) is 0 Å². The Balaban J connectivity index is 1.65. The molecule has 0 amide bonds. The van der Waals surface area contributed by atoms with E-state index in [-0.39, 0.29) is 5.78 Å². The minimum Gasteiger partial charge on any atom is -0.294 e. The normalized spacial score (nSPS) is 15.5. The number of benzene rings is 2. The molecule has 0 fully saturated rings. The van der Waals surface area contributed by atoms with Gasteiger partial charge in [-0.15, -0.1) is 0 Å². The molecular formula is C30H21N3O. The Hall–Kier alpha value is -4.57. The van der Waals surface area contributed by atoms with Gasteiger partial charge in [-0.1, -0.05) is 61.2 Å². The molecule has 162 valence electrons. The molecule has 6 rings (SSSR count). The molecule has 0 N–H and O–H groups in total. The lowest BCUT2D eigenvalue weighted by molar-refractivity contribution is 0.104. The summed E-state index contributed by atoms with van der Waals surface area (Å²) >= 11 is 0. The summed E-state index contributed by atoms with van der Waals surface area (Å²) in [6.45, 7) is 5.71. The quantitative estimate of drug-likeness (QED) is 0.286. The summed E-state index contributed by atoms with van der Waals surface area (Å²) in [4.78, 5) is 22.5. The van der Waals surface area contributed by atoms with Gasteiger partial charge in [0.15, 0.2) is 5.78 Å². The van der Waals surface area contributed by atoms with Crippen LogP contribution in [0.5, 0.6) is 0 Å². The number of carbonyl (C=O) groups excluding carboxylic acids is 1. The summed E-state index contributed by atoms with van der Waals surface area (Å²) < 4.78 is 2.17. The molecule has 1 aliphatic carbocycles. The molecule has 4 nitrogen and oxygen atoms in total. The van der Waals surface area contributed by atoms with E-state index in [4.69, 9.17) is 4.98 Å². The standard InChI is InChI=1S/C30H21N3O/c1-3-9-23-20(4-2)30(34)24-15-16-28(32-29(23)24)33-26-12-6-5-10-21(26)22-14-13-19(18-27(22)33)25-11-7-8-17-31-25/h3-18H,1H2,2H3/b20-4+,23-9?. The number of Topliss-reactive ketones (excluding diaryl/α,β-unsaturated/α-hetero) is 1. The maximum atomic E-state index is 12.9. The first kappa shape index (κ1) is 20.1. The molecule has 1 aliphatic rings. The summed E-state index contributed by atoms with van der Waals surface area (Å²) in [7, 11) is 0. The van der Waals surface area contributed by atoms with Gasteiger partial charge in [-0.25, -0.2) is 4.98 Å². The zero-order valence-corrected chi connectivity index (χ0v) is 18.7. The number of hydrogen-bond donors (Lipinski definition) is 0. The third-order valence-corrected chi connectivity index (χ3v) is 6.35. The average molecular weight is 440 g/mol. The molecule has 0 bridgehead atoms. The van der Waals surface area contributed by atoms with Crippen molar-refractivity contribution in [1.29, 1.82) is 0 Å². The summed E-state index contributed by atoms with van der Waals surface area (Å²) in [6, 6.07) is 24.5. The number of nitrogens with zero attached hydrogens (tertiary/aromatic N) is 3. The summed E-state index contributed by atoms with van der Waals surface area (Å²) in [5, 5.41) is 2.30. The number of rotatable bonds is 3. The number of hydrogen-bond acceptors (Lipinski definition) is 3. The monoisotopic (exact) mass is 439 g/mol. The summed E-state index contributed by atoms with van der Waals surface area (Å²) in [5.41, 5.74) is 6.87. The van der Waals surface area contributed by atoms with E-state index in [0.29, 0.717) is 16.8 Å². The molecule has 4 heteroatoms. The van der Waals surface area contributed by atoms with E-state index in [0.717, 1.165) is 44.5 Å². The molecule has 2 aromatic carbocycles. The van der Waals surface area contributed by atoms with Gasteiger partial charge in [0.25, 0.3) is 0 Å². The predicted molar refractivity (Wildman–Crippen MR) is 138 cm³/mol. The fraction of sp³-hybridized carbons (Fsp3) is 0.0333. The van der Waals surface area contributed by atoms with E-state index in [1.165, 1.54) is 0 Å². The zero-order chi connectivity index (χ0) is 23.2. The Labute approximate surface area is 197 Å². The van der Waals surface area contributed by atoms with Crippen molar-refractivity contribution in [2.45, 2.75) is 6.92 Å². The number of aromatic nitrogens is 3. The van der Waals surface area contributed by atoms with Gasteiger partial charge in [0, 0.05) is 39.2 Å². The Kier molecular flexibility index (Phi) is 4.59. The van der Waals surface area contributed by atoms with Gasteiger partial charge in [-0.2, -0.15) is 0 Å². The maximum absolute atomic E-state index is 12.9. The zero-order valence-electron chi connectivity index (χ0n) is 18.7. The Morgan fingerprint density at radius 2 is 1.71 bits per heavy atom. The first-order valence-corrected chi connectivity index (χ1v) is 11.2. The molecule has 0 spiro atoms. The Morgan fingerprint density at radius 3 is 2.50 bits per heavy atom. The predicted octanol–water partition coefficient (Wildman–Crippen LogP) is 6.95. The van der Waals surface area contributed by atoms with Gasteiger partial charge in [0.05, 0.1) is 22.4 Å². The van der Waals surface area contributed by atoms with E-state index in [1.807, 2.05) is 55.5 Å². The highest BCUT2D eigenvalue weighted by Crippen LogP contribution is 2.38. The first-order valence-electron chi connectivity index (χ1n) is 11.2. The number of para-hydroxylation sites is 1. The summed E-state index contributed by atoms with van der Waals surface area (Å²) in [5.74, 6) is 0.771. The highest BCUT2D eigenvalue weighted by atomic mass is 16.1. The molecule has 0 saturated carbocycles. The van der Waals surface area contributed by atoms with Crippen LogP contribution in [0.2, 0.25) is 0 Å². The van der Waals surface area contributed by atoms with Crippen LogP contribution >= 0.6 is 0 Å². The van der Waals surface area contributed by atoms with E-state index < -0.39 is 0 Å². The number of pyridine rings is 2. The first-order chi connectivity index (χ1) is 16.7. The molecular weight excluding hydrogens is 418 g/mol. The lowest BCUT2D eigenvalue weighted by Crippen LogP contribution is -2.01. The van der Waals surface area contributed by atoms with Gasteiger partial charge in [-0.05, 0) is 43.3 Å². The van der Waals surface area contributed by atoms with Gasteiger partial charge >= 0.3 is 0 Å². The van der Waals surface area contributed by atoms with Crippen molar-refractivity contribution in [3.8, 4) is 17.1 Å². The topological polar surface area (TPSA) is 47.8 Å². The molecule has 34 heavy (non-hydrogen) atoms. The highest BCUT2D eigenvalue weighted by molar-refractivity contribution is 6.26. The highest BCUT2D eigenvalue weighted by Gasteiger charge is 2.31. The number of carbonyl (C=O) groups is 1. The molecule has 0 saturated heterocycles. The van der Waals surface area contributed by atoms with Crippen LogP contribution in [-0.2, 0) is 0 Å². The maximum Gasteiger partial charge on any atom is 0.195 e. The van der Waals surface area contributed by atoms with E-state index in [1.54, 1.807) is 12.3 Å². The van der Waals surface area contributed by atoms with Gasteiger partial charge < -0.3 is 0 Å². The SMILES string of the molecule is C=CC=C1/C(=C\C)C(=O)c2ccc(-n3c4ccccc4c4ccc(-c5ccccn5)cc43)nc21. The smallest absolute Gasteiger partial charge is 0.195 e. The summed E-state index contributed by atoms with van der Waals surface area (Å²) in [6.07, 6.45) is 7.22. The van der Waals surface area contributed by atoms with Crippen LogP contribution < -0.4 is 0 Å². The van der Waals surface area contributed by atoms with Crippen LogP contribution in [0.25, 0.3) is 44.5 Å². The van der Waals surface area contributed by atoms with E-state index in [2.05, 4.69) is 52.5 Å². The van der Waals surface area contributed by atoms with Crippen molar-refractivity contribution in [1.82, 2.24) is 14.5 Å². The van der Waals surface area contributed by atoms with Crippen molar-refractivity contribution in [2.24, 2.45) is 0 Å². The molecule has 0 unspecified atom stereocenters. The third kappa shape index (κ3) is 2.89. The van der Waals surface area contributed by atoms with Crippen molar-refractivity contribution >= 4 is 33.2 Å². The van der Waals surface area contributed by atoms with Crippen LogP contribution in [0.1, 0.15) is 23.0 Å². The number of allylic oxidation sites excluding steroid dienone is 5. The van der Waals surface area contributed by atoms with Crippen LogP contribution in [-0.4, -0.2) is 20.3 Å². The van der Waals surface area contributed by atoms with Crippen molar-refractivity contribution < 1.29 is 4.79 Å². The van der Waals surface area contributed by atoms with Crippen LogP contribution in [0.3, 0.4) is 0 Å². The van der Waals surface area contributed by atoms with E-state index >= 15 is 0 Å². The van der Waals surface area contributed by atoms with Crippen molar-refractivity contribution in [2.75, 3.05) is 0 Å². The molecule has 0 radical (unpaired) electrons. The largest absolute Gasteiger partial charge is 0.294 e. The van der Waals surface area contributed by atoms with Crippen molar-refractivity contribution in [3.63, 3.8) is 0 Å². The second-order valence-corrected chi connectivity index (χ2v) is 8.21. The van der Waals surface area contributed by atoms with Crippen LogP contribution in [0.15, 0.2) is 109 Å². The molecule has 0 atom stereocenters. The Morgan fingerprint density at radius 1 is 0.882 bits per heavy atom. The van der Waals surface area contributed by atoms with Gasteiger partial charge in [0.1, 0.15) is 5.82 Å². The fourth-order valence-corrected chi connectivity index (χ4v) is 4.84. The molecule has 3 heterocycles. The second kappa shape index (κ2) is 7.78. The fourth-order valence-electron chi connectivity index (χ4n) is 4.84. The number of ketones is 1. The second-order valence-electron chi connectivity index (χ2n) is 8.21. The van der Waals surface area contributed by atoms with Gasteiger partial charge in [-0.3, -0.25) is 14.3 Å².